The average molecular weight is 297 g/mol. The minimum Gasteiger partial charge on any atom is -0.399 e. The lowest BCUT2D eigenvalue weighted by molar-refractivity contribution is 0.340. The molecule has 0 unspecified atom stereocenters. The van der Waals surface area contributed by atoms with Gasteiger partial charge in [0, 0.05) is 18.8 Å². The van der Waals surface area contributed by atoms with Crippen molar-refractivity contribution < 1.29 is 8.42 Å². The fourth-order valence-corrected chi connectivity index (χ4v) is 3.68. The predicted octanol–water partition coefficient (Wildman–Crippen LogP) is 1.93. The fraction of sp³-hybridized carbons (Fsp3) is 0.571. The van der Waals surface area contributed by atoms with Crippen molar-refractivity contribution in [3.05, 3.63) is 18.2 Å². The molecule has 0 amide bonds. The molecular weight excluding hydrogens is 274 g/mol. The van der Waals surface area contributed by atoms with Crippen LogP contribution >= 0.6 is 0 Å². The van der Waals surface area contributed by atoms with Crippen LogP contribution in [0.4, 0.5) is 11.4 Å². The quantitative estimate of drug-likeness (QED) is 0.834. The van der Waals surface area contributed by atoms with Crippen LogP contribution in [0, 0.1) is 5.92 Å². The van der Waals surface area contributed by atoms with E-state index in [1.807, 2.05) is 11.9 Å². The second-order valence-corrected chi connectivity index (χ2v) is 7.33. The highest BCUT2D eigenvalue weighted by atomic mass is 32.2. The molecule has 0 heterocycles. The summed E-state index contributed by atoms with van der Waals surface area (Å²) in [6.07, 6.45) is 4.50. The molecule has 112 valence electrons. The molecule has 1 aromatic rings. The third kappa shape index (κ3) is 3.24. The zero-order valence-electron chi connectivity index (χ0n) is 12.0. The maximum absolute atomic E-state index is 11.7. The highest BCUT2D eigenvalue weighted by Crippen LogP contribution is 2.33. The minimum atomic E-state index is -3.77. The number of nitrogens with zero attached hydrogens (tertiary/aromatic N) is 1. The first-order chi connectivity index (χ1) is 9.29. The number of nitrogens with two attached hydrogens (primary N) is 2. The van der Waals surface area contributed by atoms with E-state index in [0.29, 0.717) is 17.4 Å². The van der Waals surface area contributed by atoms with Gasteiger partial charge in [-0.05, 0) is 49.8 Å². The lowest BCUT2D eigenvalue weighted by Crippen LogP contribution is -2.36. The molecule has 1 aliphatic rings. The third-order valence-corrected chi connectivity index (χ3v) is 5.14. The van der Waals surface area contributed by atoms with Gasteiger partial charge in [0.25, 0.3) is 0 Å². The van der Waals surface area contributed by atoms with Crippen LogP contribution in [0.2, 0.25) is 0 Å². The molecule has 1 aromatic carbocycles. The van der Waals surface area contributed by atoms with E-state index in [0.717, 1.165) is 18.8 Å². The Labute approximate surface area is 121 Å². The highest BCUT2D eigenvalue weighted by Gasteiger charge is 2.25. The number of hydrogen-bond donors (Lipinski definition) is 2. The zero-order valence-corrected chi connectivity index (χ0v) is 12.9. The van der Waals surface area contributed by atoms with E-state index in [1.54, 1.807) is 12.1 Å². The molecule has 1 saturated carbocycles. The molecule has 2 rings (SSSR count). The van der Waals surface area contributed by atoms with Crippen LogP contribution in [0.3, 0.4) is 0 Å². The van der Waals surface area contributed by atoms with Gasteiger partial charge in [-0.15, -0.1) is 0 Å². The molecule has 4 N–H and O–H groups in total. The lowest BCUT2D eigenvalue weighted by atomic mass is 9.86. The van der Waals surface area contributed by atoms with Crippen LogP contribution in [0.25, 0.3) is 0 Å². The van der Waals surface area contributed by atoms with E-state index >= 15 is 0 Å². The first-order valence-electron chi connectivity index (χ1n) is 6.94. The molecule has 0 bridgehead atoms. The van der Waals surface area contributed by atoms with E-state index in [1.165, 1.54) is 18.9 Å². The van der Waals surface area contributed by atoms with E-state index in [4.69, 9.17) is 10.9 Å². The van der Waals surface area contributed by atoms with Gasteiger partial charge in [-0.3, -0.25) is 0 Å². The lowest BCUT2D eigenvalue weighted by Gasteiger charge is -2.35. The molecule has 0 saturated heterocycles. The summed E-state index contributed by atoms with van der Waals surface area (Å²) in [4.78, 5) is 2.14. The zero-order chi connectivity index (χ0) is 14.9. The predicted molar refractivity (Wildman–Crippen MR) is 82.1 cm³/mol. The Hall–Kier alpha value is -1.27. The van der Waals surface area contributed by atoms with Gasteiger partial charge in [-0.2, -0.15) is 0 Å². The van der Waals surface area contributed by atoms with Crippen molar-refractivity contribution in [3.63, 3.8) is 0 Å². The monoisotopic (exact) mass is 297 g/mol. The Morgan fingerprint density at radius 3 is 2.35 bits per heavy atom. The minimum absolute atomic E-state index is 0.110. The molecular formula is C14H23N3O2S. The molecule has 0 aliphatic heterocycles. The van der Waals surface area contributed by atoms with E-state index in [2.05, 4.69) is 6.92 Å². The summed E-state index contributed by atoms with van der Waals surface area (Å²) < 4.78 is 23.5. The largest absolute Gasteiger partial charge is 0.399 e. The third-order valence-electron chi connectivity index (χ3n) is 4.20. The molecule has 0 aromatic heterocycles. The standard InChI is InChI=1S/C14H23N3O2S/c1-10-3-6-12(7-4-10)17(2)13-8-5-11(15)9-14(13)20(16,18)19/h5,8-10,12H,3-4,6-7,15H2,1-2H3,(H2,16,18,19). The van der Waals surface area contributed by atoms with Gasteiger partial charge in [0.2, 0.25) is 10.0 Å². The first-order valence-corrected chi connectivity index (χ1v) is 8.49. The van der Waals surface area contributed by atoms with Crippen molar-refractivity contribution >= 4 is 21.4 Å². The number of primary sulfonamides is 1. The summed E-state index contributed by atoms with van der Waals surface area (Å²) in [6.45, 7) is 2.26. The second-order valence-electron chi connectivity index (χ2n) is 5.80. The van der Waals surface area contributed by atoms with Crippen molar-refractivity contribution in [1.82, 2.24) is 0 Å². The molecule has 0 radical (unpaired) electrons. The summed E-state index contributed by atoms with van der Waals surface area (Å²) in [6, 6.07) is 5.25. The normalized spacial score (nSPS) is 23.6. The topological polar surface area (TPSA) is 89.4 Å². The van der Waals surface area contributed by atoms with E-state index in [9.17, 15) is 8.42 Å². The Morgan fingerprint density at radius 2 is 1.80 bits per heavy atom. The van der Waals surface area contributed by atoms with Crippen molar-refractivity contribution in [1.29, 1.82) is 0 Å². The number of benzene rings is 1. The molecule has 1 aliphatic carbocycles. The molecule has 5 nitrogen and oxygen atoms in total. The van der Waals surface area contributed by atoms with Crippen molar-refractivity contribution in [2.75, 3.05) is 17.7 Å². The summed E-state index contributed by atoms with van der Waals surface area (Å²) in [5.74, 6) is 0.753. The van der Waals surface area contributed by atoms with Crippen LogP contribution in [-0.4, -0.2) is 21.5 Å². The summed E-state index contributed by atoms with van der Waals surface area (Å²) >= 11 is 0. The van der Waals surface area contributed by atoms with E-state index in [-0.39, 0.29) is 4.90 Å². The van der Waals surface area contributed by atoms with Crippen LogP contribution in [0.5, 0.6) is 0 Å². The fourth-order valence-electron chi connectivity index (χ4n) is 2.88. The van der Waals surface area contributed by atoms with Gasteiger partial charge in [0.1, 0.15) is 4.90 Å². The van der Waals surface area contributed by atoms with Gasteiger partial charge in [-0.1, -0.05) is 6.92 Å². The van der Waals surface area contributed by atoms with Crippen molar-refractivity contribution in [2.24, 2.45) is 11.1 Å². The maximum Gasteiger partial charge on any atom is 0.240 e. The van der Waals surface area contributed by atoms with Crippen LogP contribution in [0.1, 0.15) is 32.6 Å². The van der Waals surface area contributed by atoms with Crippen molar-refractivity contribution in [3.8, 4) is 0 Å². The molecule has 20 heavy (non-hydrogen) atoms. The van der Waals surface area contributed by atoms with Crippen molar-refractivity contribution in [2.45, 2.75) is 43.5 Å². The number of hydrogen-bond acceptors (Lipinski definition) is 4. The molecule has 0 atom stereocenters. The van der Waals surface area contributed by atoms with Gasteiger partial charge < -0.3 is 10.6 Å². The Kier molecular flexibility index (Phi) is 4.25. The van der Waals surface area contributed by atoms with Gasteiger partial charge in [-0.25, -0.2) is 13.6 Å². The van der Waals surface area contributed by atoms with Crippen LogP contribution in [-0.2, 0) is 10.0 Å². The Bertz CT molecular complexity index is 578. The van der Waals surface area contributed by atoms with Gasteiger partial charge >= 0.3 is 0 Å². The summed E-state index contributed by atoms with van der Waals surface area (Å²) in [5, 5.41) is 5.31. The second kappa shape index (κ2) is 5.61. The number of anilines is 2. The number of sulfonamides is 1. The summed E-state index contributed by atoms with van der Waals surface area (Å²) in [7, 11) is -1.84. The van der Waals surface area contributed by atoms with Gasteiger partial charge in [0.05, 0.1) is 5.69 Å². The van der Waals surface area contributed by atoms with Crippen LogP contribution in [0.15, 0.2) is 23.1 Å². The Balaban J connectivity index is 2.32. The highest BCUT2D eigenvalue weighted by molar-refractivity contribution is 7.89. The smallest absolute Gasteiger partial charge is 0.240 e. The van der Waals surface area contributed by atoms with Crippen LogP contribution < -0.4 is 15.8 Å². The molecule has 0 spiro atoms. The number of rotatable bonds is 3. The SMILES string of the molecule is CC1CCC(N(C)c2ccc(N)cc2S(N)(=O)=O)CC1. The maximum atomic E-state index is 11.7. The average Bonchev–Trinajstić information content (AvgIpc) is 2.38. The Morgan fingerprint density at radius 1 is 1.20 bits per heavy atom. The first kappa shape index (κ1) is 15.1. The van der Waals surface area contributed by atoms with Gasteiger partial charge in [0.15, 0.2) is 0 Å². The molecule has 1 fully saturated rings. The number of nitrogen functional groups attached to an aromatic ring is 1. The van der Waals surface area contributed by atoms with E-state index < -0.39 is 10.0 Å². The summed E-state index contributed by atoms with van der Waals surface area (Å²) in [5.41, 5.74) is 6.73. The molecule has 6 heteroatoms.